The quantitative estimate of drug-likeness (QED) is 0.857. The van der Waals surface area contributed by atoms with Crippen molar-refractivity contribution in [2.75, 3.05) is 23.8 Å². The van der Waals surface area contributed by atoms with E-state index in [4.69, 9.17) is 22.1 Å². The van der Waals surface area contributed by atoms with Crippen LogP contribution >= 0.6 is 22.9 Å². The molecule has 1 atom stereocenters. The molecule has 0 bridgehead atoms. The van der Waals surface area contributed by atoms with Crippen molar-refractivity contribution in [3.8, 4) is 0 Å². The van der Waals surface area contributed by atoms with Crippen molar-refractivity contribution in [1.29, 1.82) is 0 Å². The number of halogens is 1. The molecule has 7 heteroatoms. The van der Waals surface area contributed by atoms with Gasteiger partial charge in [0.1, 0.15) is 11.0 Å². The highest BCUT2D eigenvalue weighted by Gasteiger charge is 2.21. The summed E-state index contributed by atoms with van der Waals surface area (Å²) in [5.74, 6) is 0.942. The van der Waals surface area contributed by atoms with E-state index in [2.05, 4.69) is 26.3 Å². The minimum absolute atomic E-state index is 0.195. The maximum absolute atomic E-state index is 6.01. The third-order valence-electron chi connectivity index (χ3n) is 3.40. The average molecular weight is 325 g/mol. The van der Waals surface area contributed by atoms with Gasteiger partial charge < -0.3 is 15.4 Å². The van der Waals surface area contributed by atoms with Gasteiger partial charge in [-0.1, -0.05) is 17.7 Å². The number of thiophene rings is 1. The number of hydrogen-bond acceptors (Lipinski definition) is 6. The van der Waals surface area contributed by atoms with Crippen LogP contribution in [-0.2, 0) is 11.3 Å². The number of nitrogen functional groups attached to an aromatic ring is 1. The van der Waals surface area contributed by atoms with Crippen LogP contribution in [0.2, 0.25) is 5.15 Å². The Balaban J connectivity index is 1.82. The molecule has 0 aliphatic carbocycles. The average Bonchev–Trinajstić information content (AvgIpc) is 3.10. The Morgan fingerprint density at radius 1 is 1.48 bits per heavy atom. The van der Waals surface area contributed by atoms with Crippen LogP contribution < -0.4 is 10.6 Å². The monoisotopic (exact) mass is 324 g/mol. The third-order valence-corrected chi connectivity index (χ3v) is 4.45. The summed E-state index contributed by atoms with van der Waals surface area (Å²) in [7, 11) is 0. The minimum atomic E-state index is 0.195. The lowest BCUT2D eigenvalue weighted by molar-refractivity contribution is 0.115. The summed E-state index contributed by atoms with van der Waals surface area (Å²) in [5, 5.41) is 2.43. The van der Waals surface area contributed by atoms with E-state index in [1.54, 1.807) is 17.4 Å². The molecule has 1 aliphatic rings. The van der Waals surface area contributed by atoms with Crippen molar-refractivity contribution in [1.82, 2.24) is 9.97 Å². The Hall–Kier alpha value is -1.37. The van der Waals surface area contributed by atoms with Crippen LogP contribution in [0.15, 0.2) is 23.6 Å². The van der Waals surface area contributed by atoms with Gasteiger partial charge in [-0.25, -0.2) is 4.98 Å². The van der Waals surface area contributed by atoms with Gasteiger partial charge in [-0.05, 0) is 24.3 Å². The topological polar surface area (TPSA) is 64.3 Å². The van der Waals surface area contributed by atoms with Crippen molar-refractivity contribution in [2.24, 2.45) is 0 Å². The molecule has 2 aromatic heterocycles. The lowest BCUT2D eigenvalue weighted by Crippen LogP contribution is -2.32. The Morgan fingerprint density at radius 2 is 2.38 bits per heavy atom. The normalized spacial score (nSPS) is 18.0. The zero-order valence-corrected chi connectivity index (χ0v) is 13.1. The van der Waals surface area contributed by atoms with Crippen molar-refractivity contribution in [3.05, 3.63) is 33.6 Å². The highest BCUT2D eigenvalue weighted by atomic mass is 35.5. The van der Waals surface area contributed by atoms with Crippen LogP contribution in [0.25, 0.3) is 0 Å². The smallest absolute Gasteiger partial charge is 0.223 e. The van der Waals surface area contributed by atoms with Gasteiger partial charge in [-0.15, -0.1) is 11.3 Å². The van der Waals surface area contributed by atoms with Gasteiger partial charge >= 0.3 is 0 Å². The first-order chi connectivity index (χ1) is 10.2. The van der Waals surface area contributed by atoms with Crippen LogP contribution in [0.3, 0.4) is 0 Å². The lowest BCUT2D eigenvalue weighted by Gasteiger charge is -2.26. The molecule has 0 saturated carbocycles. The van der Waals surface area contributed by atoms with Crippen LogP contribution in [0.1, 0.15) is 17.7 Å². The Kier molecular flexibility index (Phi) is 4.57. The fraction of sp³-hybridized carbons (Fsp3) is 0.429. The number of anilines is 2. The lowest BCUT2D eigenvalue weighted by atomic mass is 10.2. The molecule has 0 amide bonds. The van der Waals surface area contributed by atoms with E-state index in [9.17, 15) is 0 Å². The fourth-order valence-electron chi connectivity index (χ4n) is 2.45. The van der Waals surface area contributed by atoms with Crippen molar-refractivity contribution in [3.63, 3.8) is 0 Å². The van der Waals surface area contributed by atoms with Gasteiger partial charge in [0.15, 0.2) is 0 Å². The standard InChI is InChI=1S/C14H17ClN4OS/c15-12-7-13(18-14(16)17-12)19(8-10-3-1-5-20-10)9-11-4-2-6-21-11/h2,4,6-7,10H,1,3,5,8-9H2,(H2,16,17,18)/t10-/m0/s1. The Morgan fingerprint density at radius 3 is 3.05 bits per heavy atom. The largest absolute Gasteiger partial charge is 0.376 e. The SMILES string of the molecule is Nc1nc(Cl)cc(N(Cc2cccs2)C[C@@H]2CCCO2)n1. The van der Waals surface area contributed by atoms with Gasteiger partial charge in [0, 0.05) is 24.1 Å². The second-order valence-corrected chi connectivity index (χ2v) is 6.42. The first-order valence-corrected chi connectivity index (χ1v) is 8.15. The van der Waals surface area contributed by atoms with E-state index in [1.807, 2.05) is 6.07 Å². The molecule has 1 aliphatic heterocycles. The summed E-state index contributed by atoms with van der Waals surface area (Å²) in [6, 6.07) is 5.91. The molecule has 5 nitrogen and oxygen atoms in total. The molecule has 1 fully saturated rings. The van der Waals surface area contributed by atoms with Crippen molar-refractivity contribution in [2.45, 2.75) is 25.5 Å². The molecule has 2 N–H and O–H groups in total. The minimum Gasteiger partial charge on any atom is -0.376 e. The summed E-state index contributed by atoms with van der Waals surface area (Å²) in [6.45, 7) is 2.39. The van der Waals surface area contributed by atoms with Gasteiger partial charge in [-0.3, -0.25) is 0 Å². The van der Waals surface area contributed by atoms with Gasteiger partial charge in [-0.2, -0.15) is 4.98 Å². The Bertz CT molecular complexity index is 566. The second kappa shape index (κ2) is 6.60. The first kappa shape index (κ1) is 14.6. The predicted octanol–water partition coefficient (Wildman–Crippen LogP) is 2.96. The Labute approximate surface area is 132 Å². The third kappa shape index (κ3) is 3.84. The summed E-state index contributed by atoms with van der Waals surface area (Å²) in [6.07, 6.45) is 2.43. The maximum Gasteiger partial charge on any atom is 0.223 e. The molecule has 0 aromatic carbocycles. The number of aromatic nitrogens is 2. The van der Waals surface area contributed by atoms with Crippen molar-refractivity contribution < 1.29 is 4.74 Å². The van der Waals surface area contributed by atoms with Gasteiger partial charge in [0.2, 0.25) is 5.95 Å². The summed E-state index contributed by atoms with van der Waals surface area (Å²) < 4.78 is 5.74. The molecule has 3 heterocycles. The van der Waals surface area contributed by atoms with Crippen LogP contribution in [0.4, 0.5) is 11.8 Å². The highest BCUT2D eigenvalue weighted by Crippen LogP contribution is 2.23. The zero-order chi connectivity index (χ0) is 14.7. The summed E-state index contributed by atoms with van der Waals surface area (Å²) in [5.41, 5.74) is 5.72. The molecule has 112 valence electrons. The van der Waals surface area contributed by atoms with Gasteiger partial charge in [0.05, 0.1) is 12.6 Å². The molecular formula is C14H17ClN4OS. The van der Waals surface area contributed by atoms with E-state index in [0.29, 0.717) is 5.15 Å². The number of hydrogen-bond donors (Lipinski definition) is 1. The molecule has 3 rings (SSSR count). The van der Waals surface area contributed by atoms with E-state index < -0.39 is 0 Å². The molecule has 0 spiro atoms. The zero-order valence-electron chi connectivity index (χ0n) is 11.5. The van der Waals surface area contributed by atoms with Gasteiger partial charge in [0.25, 0.3) is 0 Å². The van der Waals surface area contributed by atoms with E-state index in [1.165, 1.54) is 4.88 Å². The second-order valence-electron chi connectivity index (χ2n) is 5.00. The summed E-state index contributed by atoms with van der Waals surface area (Å²) >= 11 is 7.73. The number of nitrogens with two attached hydrogens (primary N) is 1. The molecule has 21 heavy (non-hydrogen) atoms. The van der Waals surface area contributed by atoms with Crippen LogP contribution in [0, 0.1) is 0 Å². The highest BCUT2D eigenvalue weighted by molar-refractivity contribution is 7.09. The molecule has 0 unspecified atom stereocenters. The van der Waals surface area contributed by atoms with Crippen LogP contribution in [0.5, 0.6) is 0 Å². The van der Waals surface area contributed by atoms with E-state index in [-0.39, 0.29) is 12.1 Å². The van der Waals surface area contributed by atoms with E-state index >= 15 is 0 Å². The summed E-state index contributed by atoms with van der Waals surface area (Å²) in [4.78, 5) is 11.7. The molecule has 0 radical (unpaired) electrons. The molecule has 1 saturated heterocycles. The molecular weight excluding hydrogens is 308 g/mol. The van der Waals surface area contributed by atoms with Crippen LogP contribution in [-0.4, -0.2) is 29.2 Å². The number of ether oxygens (including phenoxy) is 1. The number of nitrogens with zero attached hydrogens (tertiary/aromatic N) is 3. The first-order valence-electron chi connectivity index (χ1n) is 6.90. The fourth-order valence-corrected chi connectivity index (χ4v) is 3.35. The maximum atomic E-state index is 6.01. The van der Waals surface area contributed by atoms with Crippen molar-refractivity contribution >= 4 is 34.7 Å². The predicted molar refractivity (Wildman–Crippen MR) is 85.8 cm³/mol. The molecule has 2 aromatic rings. The van der Waals surface area contributed by atoms with E-state index in [0.717, 1.165) is 38.4 Å². The number of rotatable bonds is 5.